The van der Waals surface area contributed by atoms with Crippen molar-refractivity contribution in [3.63, 3.8) is 0 Å². The van der Waals surface area contributed by atoms with E-state index in [0.29, 0.717) is 5.56 Å². The zero-order chi connectivity index (χ0) is 9.10. The van der Waals surface area contributed by atoms with E-state index in [2.05, 4.69) is 10.2 Å². The molecule has 63 valence electrons. The van der Waals surface area contributed by atoms with Crippen molar-refractivity contribution < 1.29 is 4.79 Å². The number of hydrogen-bond donors (Lipinski definition) is 0. The molecule has 4 nitrogen and oxygen atoms in total. The SMILES string of the molecule is O=[C]c1ccc(-n2cnnc2)cc1. The Morgan fingerprint density at radius 3 is 2.23 bits per heavy atom. The van der Waals surface area contributed by atoms with Gasteiger partial charge in [-0.1, -0.05) is 0 Å². The summed E-state index contributed by atoms with van der Waals surface area (Å²) in [5, 5.41) is 7.35. The number of aromatic nitrogens is 3. The third-order valence-corrected chi connectivity index (χ3v) is 1.70. The summed E-state index contributed by atoms with van der Waals surface area (Å²) in [5.74, 6) is 0. The van der Waals surface area contributed by atoms with Gasteiger partial charge < -0.3 is 0 Å². The van der Waals surface area contributed by atoms with Gasteiger partial charge in [-0.05, 0) is 24.3 Å². The van der Waals surface area contributed by atoms with Gasteiger partial charge in [-0.15, -0.1) is 10.2 Å². The Morgan fingerprint density at radius 1 is 1.08 bits per heavy atom. The average Bonchev–Trinajstić information content (AvgIpc) is 2.71. The van der Waals surface area contributed by atoms with E-state index in [-0.39, 0.29) is 0 Å². The van der Waals surface area contributed by atoms with Gasteiger partial charge in [-0.2, -0.15) is 0 Å². The summed E-state index contributed by atoms with van der Waals surface area (Å²) in [6.45, 7) is 0. The molecule has 2 rings (SSSR count). The van der Waals surface area contributed by atoms with Crippen LogP contribution in [0.3, 0.4) is 0 Å². The first-order valence-corrected chi connectivity index (χ1v) is 3.73. The molecule has 2 aromatic rings. The summed E-state index contributed by atoms with van der Waals surface area (Å²) in [4.78, 5) is 10.2. The number of nitrogens with zero attached hydrogens (tertiary/aromatic N) is 3. The van der Waals surface area contributed by atoms with Gasteiger partial charge in [0.05, 0.1) is 0 Å². The first-order chi connectivity index (χ1) is 6.40. The van der Waals surface area contributed by atoms with Gasteiger partial charge in [-0.3, -0.25) is 9.36 Å². The molecule has 0 aliphatic heterocycles. The molecule has 1 heterocycles. The minimum Gasteiger partial charge on any atom is -0.288 e. The average molecular weight is 172 g/mol. The van der Waals surface area contributed by atoms with Crippen LogP contribution in [0, 0.1) is 0 Å². The van der Waals surface area contributed by atoms with Crippen LogP contribution in [0.5, 0.6) is 0 Å². The first-order valence-electron chi connectivity index (χ1n) is 3.73. The van der Waals surface area contributed by atoms with E-state index in [0.717, 1.165) is 5.69 Å². The third-order valence-electron chi connectivity index (χ3n) is 1.70. The maximum atomic E-state index is 10.2. The summed E-state index contributed by atoms with van der Waals surface area (Å²) < 4.78 is 1.76. The standard InChI is InChI=1S/C9H6N3O/c13-5-8-1-3-9(4-2-8)12-6-10-11-7-12/h1-4,6-7H. The van der Waals surface area contributed by atoms with Crippen LogP contribution in [-0.2, 0) is 4.79 Å². The Kier molecular flexibility index (Phi) is 1.88. The number of benzene rings is 1. The van der Waals surface area contributed by atoms with Gasteiger partial charge in [-0.25, -0.2) is 0 Å². The lowest BCUT2D eigenvalue weighted by Gasteiger charge is -1.99. The van der Waals surface area contributed by atoms with Crippen LogP contribution in [0.25, 0.3) is 5.69 Å². The largest absolute Gasteiger partial charge is 0.288 e. The molecule has 0 saturated carbocycles. The quantitative estimate of drug-likeness (QED) is 0.670. The van der Waals surface area contributed by atoms with Crippen LogP contribution in [-0.4, -0.2) is 21.1 Å². The van der Waals surface area contributed by atoms with Crippen LogP contribution in [0.15, 0.2) is 36.9 Å². The monoisotopic (exact) mass is 172 g/mol. The number of hydrogen-bond acceptors (Lipinski definition) is 3. The molecule has 0 aliphatic carbocycles. The Hall–Kier alpha value is -1.97. The Labute approximate surface area is 74.8 Å². The zero-order valence-corrected chi connectivity index (χ0v) is 6.71. The van der Waals surface area contributed by atoms with Crippen LogP contribution in [0.1, 0.15) is 5.56 Å². The highest BCUT2D eigenvalue weighted by molar-refractivity contribution is 5.75. The van der Waals surface area contributed by atoms with Crippen LogP contribution < -0.4 is 0 Å². The summed E-state index contributed by atoms with van der Waals surface area (Å²) in [6.07, 6.45) is 5.00. The third kappa shape index (κ3) is 1.46. The van der Waals surface area contributed by atoms with Gasteiger partial charge in [0, 0.05) is 11.3 Å². The smallest absolute Gasteiger partial charge is 0.233 e. The van der Waals surface area contributed by atoms with Crippen LogP contribution >= 0.6 is 0 Å². The van der Waals surface area contributed by atoms with Crippen molar-refractivity contribution in [3.05, 3.63) is 42.5 Å². The van der Waals surface area contributed by atoms with E-state index < -0.39 is 0 Å². The number of rotatable bonds is 2. The molecule has 0 bridgehead atoms. The highest BCUT2D eigenvalue weighted by atomic mass is 16.1. The summed E-state index contributed by atoms with van der Waals surface area (Å²) >= 11 is 0. The summed E-state index contributed by atoms with van der Waals surface area (Å²) in [7, 11) is 0. The molecule has 0 spiro atoms. The predicted octanol–water partition coefficient (Wildman–Crippen LogP) is 0.725. The molecule has 0 atom stereocenters. The normalized spacial score (nSPS) is 9.85. The Balaban J connectivity index is 2.38. The maximum Gasteiger partial charge on any atom is 0.233 e. The second kappa shape index (κ2) is 3.18. The van der Waals surface area contributed by atoms with E-state index in [1.165, 1.54) is 0 Å². The molecular weight excluding hydrogens is 166 g/mol. The molecule has 0 fully saturated rings. The van der Waals surface area contributed by atoms with Crippen LogP contribution in [0.2, 0.25) is 0 Å². The Bertz CT molecular complexity index is 391. The van der Waals surface area contributed by atoms with Gasteiger partial charge in [0.25, 0.3) is 0 Å². The van der Waals surface area contributed by atoms with E-state index >= 15 is 0 Å². The molecule has 0 N–H and O–H groups in total. The van der Waals surface area contributed by atoms with Crippen molar-refractivity contribution >= 4 is 6.29 Å². The Morgan fingerprint density at radius 2 is 1.69 bits per heavy atom. The number of carbonyl (C=O) groups excluding carboxylic acids is 1. The van der Waals surface area contributed by atoms with Gasteiger partial charge in [0.15, 0.2) is 0 Å². The van der Waals surface area contributed by atoms with E-state index in [4.69, 9.17) is 0 Å². The van der Waals surface area contributed by atoms with Gasteiger partial charge in [0.1, 0.15) is 12.7 Å². The lowest BCUT2D eigenvalue weighted by atomic mass is 10.2. The molecule has 1 aromatic heterocycles. The molecule has 4 heteroatoms. The molecule has 1 aromatic carbocycles. The second-order valence-electron chi connectivity index (χ2n) is 2.52. The van der Waals surface area contributed by atoms with E-state index in [1.807, 2.05) is 18.4 Å². The van der Waals surface area contributed by atoms with Crippen molar-refractivity contribution in [2.45, 2.75) is 0 Å². The van der Waals surface area contributed by atoms with E-state index in [9.17, 15) is 4.79 Å². The summed E-state index contributed by atoms with van der Waals surface area (Å²) in [5.41, 5.74) is 1.46. The topological polar surface area (TPSA) is 47.8 Å². The van der Waals surface area contributed by atoms with Gasteiger partial charge in [0.2, 0.25) is 6.29 Å². The molecule has 0 amide bonds. The fourth-order valence-electron chi connectivity index (χ4n) is 1.04. The lowest BCUT2D eigenvalue weighted by molar-refractivity contribution is 0.563. The maximum absolute atomic E-state index is 10.2. The van der Waals surface area contributed by atoms with Crippen molar-refractivity contribution in [1.29, 1.82) is 0 Å². The molecule has 0 aliphatic rings. The zero-order valence-electron chi connectivity index (χ0n) is 6.71. The fraction of sp³-hybridized carbons (Fsp3) is 0. The highest BCUT2D eigenvalue weighted by Gasteiger charge is 1.95. The van der Waals surface area contributed by atoms with Crippen molar-refractivity contribution in [1.82, 2.24) is 14.8 Å². The van der Waals surface area contributed by atoms with Crippen LogP contribution in [0.4, 0.5) is 0 Å². The summed E-state index contributed by atoms with van der Waals surface area (Å²) in [6, 6.07) is 7.01. The van der Waals surface area contributed by atoms with Crippen molar-refractivity contribution in [2.24, 2.45) is 0 Å². The predicted molar refractivity (Wildman–Crippen MR) is 46.2 cm³/mol. The first kappa shape index (κ1) is 7.67. The minimum absolute atomic E-state index is 0.539. The van der Waals surface area contributed by atoms with Gasteiger partial charge >= 0.3 is 0 Å². The highest BCUT2D eigenvalue weighted by Crippen LogP contribution is 2.06. The second-order valence-corrected chi connectivity index (χ2v) is 2.52. The molecule has 0 unspecified atom stereocenters. The molecule has 13 heavy (non-hydrogen) atoms. The van der Waals surface area contributed by atoms with E-state index in [1.54, 1.807) is 29.4 Å². The van der Waals surface area contributed by atoms with Crippen molar-refractivity contribution in [2.75, 3.05) is 0 Å². The lowest BCUT2D eigenvalue weighted by Crippen LogP contribution is -1.90. The molecular formula is C9H6N3O. The minimum atomic E-state index is 0.539. The fourth-order valence-corrected chi connectivity index (χ4v) is 1.04. The van der Waals surface area contributed by atoms with Crippen molar-refractivity contribution in [3.8, 4) is 5.69 Å². The molecule has 0 saturated heterocycles. The molecule has 1 radical (unpaired) electrons.